The van der Waals surface area contributed by atoms with Gasteiger partial charge in [0.05, 0.1) is 21.0 Å². The van der Waals surface area contributed by atoms with Gasteiger partial charge in [-0.05, 0) is 38.1 Å². The molecule has 2 N–H and O–H groups in total. The van der Waals surface area contributed by atoms with Gasteiger partial charge in [-0.15, -0.1) is 22.7 Å². The average molecular weight is 519 g/mol. The molecular weight excluding hydrogens is 500 g/mol. The minimum Gasteiger partial charge on any atom is -0.341 e. The Bertz CT molecular complexity index is 1400. The Labute approximate surface area is 214 Å². The molecule has 0 bridgehead atoms. The first kappa shape index (κ1) is 25.8. The molecule has 0 fully saturated rings. The van der Waals surface area contributed by atoms with Gasteiger partial charge in [-0.3, -0.25) is 20.2 Å². The summed E-state index contributed by atoms with van der Waals surface area (Å²) < 4.78 is 0. The summed E-state index contributed by atoms with van der Waals surface area (Å²) >= 11 is 2.80. The largest absolute Gasteiger partial charge is 0.341 e. The third kappa shape index (κ3) is 6.21. The number of nitriles is 2. The average Bonchev–Trinajstić information content (AvgIpc) is 3.40. The Hall–Kier alpha value is -4.78. The van der Waals surface area contributed by atoms with E-state index in [1.165, 1.54) is 34.8 Å². The van der Waals surface area contributed by atoms with Gasteiger partial charge in [0.15, 0.2) is 0 Å². The van der Waals surface area contributed by atoms with Crippen LogP contribution in [-0.4, -0.2) is 9.85 Å². The summed E-state index contributed by atoms with van der Waals surface area (Å²) in [7, 11) is 0. The molecule has 0 atom stereocenters. The van der Waals surface area contributed by atoms with Crippen molar-refractivity contribution < 1.29 is 9.85 Å². The molecule has 12 heteroatoms. The number of nitro groups is 2. The molecule has 180 valence electrons. The molecule has 0 radical (unpaired) electrons. The van der Waals surface area contributed by atoms with Gasteiger partial charge in [0.2, 0.25) is 0 Å². The van der Waals surface area contributed by atoms with E-state index >= 15 is 0 Å². The molecule has 36 heavy (non-hydrogen) atoms. The van der Waals surface area contributed by atoms with Crippen molar-refractivity contribution in [3.63, 3.8) is 0 Å². The molecule has 2 heterocycles. The summed E-state index contributed by atoms with van der Waals surface area (Å²) in [4.78, 5) is 22.8. The second-order valence-corrected chi connectivity index (χ2v) is 9.73. The van der Waals surface area contributed by atoms with E-state index in [4.69, 9.17) is 10.5 Å². The first-order valence-electron chi connectivity index (χ1n) is 10.3. The first-order chi connectivity index (χ1) is 17.2. The van der Waals surface area contributed by atoms with Crippen LogP contribution in [0, 0.1) is 56.7 Å². The van der Waals surface area contributed by atoms with Crippen molar-refractivity contribution in [3.05, 3.63) is 102 Å². The third-order valence-corrected chi connectivity index (χ3v) is 6.58. The summed E-state index contributed by atoms with van der Waals surface area (Å²) in [6.45, 7) is 3.77. The highest BCUT2D eigenvalue weighted by Gasteiger charge is 2.16. The summed E-state index contributed by atoms with van der Waals surface area (Å²) in [5.41, 5.74) is 1.76. The van der Waals surface area contributed by atoms with E-state index in [9.17, 15) is 20.2 Å². The zero-order valence-electron chi connectivity index (χ0n) is 19.0. The van der Waals surface area contributed by atoms with Crippen molar-refractivity contribution in [2.75, 3.05) is 10.6 Å². The third-order valence-electron chi connectivity index (χ3n) is 4.65. The Morgan fingerprint density at radius 1 is 0.722 bits per heavy atom. The van der Waals surface area contributed by atoms with Crippen LogP contribution in [0.15, 0.2) is 60.7 Å². The van der Waals surface area contributed by atoms with Gasteiger partial charge >= 0.3 is 0 Å². The van der Waals surface area contributed by atoms with Gasteiger partial charge in [0, 0.05) is 21.9 Å². The zero-order chi connectivity index (χ0) is 26.2. The molecule has 0 saturated carbocycles. The number of para-hydroxylation sites is 4. The molecule has 0 aliphatic rings. The summed E-state index contributed by atoms with van der Waals surface area (Å²) in [5.74, 6) is 0. The number of rotatable bonds is 6. The van der Waals surface area contributed by atoms with E-state index in [2.05, 4.69) is 22.8 Å². The van der Waals surface area contributed by atoms with Crippen LogP contribution in [0.4, 0.5) is 32.8 Å². The Kier molecular flexibility index (Phi) is 8.30. The Morgan fingerprint density at radius 3 is 1.42 bits per heavy atom. The van der Waals surface area contributed by atoms with Gasteiger partial charge in [0.1, 0.15) is 33.5 Å². The van der Waals surface area contributed by atoms with Crippen LogP contribution >= 0.6 is 22.7 Å². The standard InChI is InChI=1S/2C12H9N3O2S/c2*1-8-6-9(7-13)12(18-8)14-10-4-2-3-5-11(10)15(16)17/h2*2-6,14H,1H3. The van der Waals surface area contributed by atoms with Crippen LogP contribution < -0.4 is 10.6 Å². The lowest BCUT2D eigenvalue weighted by atomic mass is 10.2. The lowest BCUT2D eigenvalue weighted by Crippen LogP contribution is -1.96. The molecule has 4 rings (SSSR count). The molecule has 2 aromatic carbocycles. The van der Waals surface area contributed by atoms with Crippen molar-refractivity contribution in [2.45, 2.75) is 13.8 Å². The predicted octanol–water partition coefficient (Wildman–Crippen LogP) is 7.16. The fourth-order valence-electron chi connectivity index (χ4n) is 3.10. The van der Waals surface area contributed by atoms with Crippen LogP contribution in [0.25, 0.3) is 0 Å². The van der Waals surface area contributed by atoms with Gasteiger partial charge in [0.25, 0.3) is 11.4 Å². The molecule has 0 unspecified atom stereocenters. The highest BCUT2D eigenvalue weighted by molar-refractivity contribution is 7.16. The van der Waals surface area contributed by atoms with Gasteiger partial charge < -0.3 is 10.6 Å². The van der Waals surface area contributed by atoms with E-state index in [0.717, 1.165) is 9.75 Å². The summed E-state index contributed by atoms with van der Waals surface area (Å²) in [6.07, 6.45) is 0. The number of nitro benzene ring substituents is 2. The molecule has 4 aromatic rings. The lowest BCUT2D eigenvalue weighted by molar-refractivity contribution is -0.384. The topological polar surface area (TPSA) is 158 Å². The molecular formula is C24H18N6O4S2. The Morgan fingerprint density at radius 2 is 1.08 bits per heavy atom. The maximum atomic E-state index is 10.9. The van der Waals surface area contributed by atoms with Crippen molar-refractivity contribution in [1.29, 1.82) is 10.5 Å². The maximum absolute atomic E-state index is 10.9. The molecule has 0 aliphatic carbocycles. The number of benzene rings is 2. The summed E-state index contributed by atoms with van der Waals surface area (Å²) in [6, 6.07) is 20.4. The van der Waals surface area contributed by atoms with Crippen molar-refractivity contribution in [1.82, 2.24) is 0 Å². The smallest absolute Gasteiger partial charge is 0.292 e. The minimum atomic E-state index is -0.450. The number of hydrogen-bond acceptors (Lipinski definition) is 10. The number of hydrogen-bond donors (Lipinski definition) is 2. The maximum Gasteiger partial charge on any atom is 0.292 e. The van der Waals surface area contributed by atoms with E-state index < -0.39 is 9.85 Å². The molecule has 10 nitrogen and oxygen atoms in total. The lowest BCUT2D eigenvalue weighted by Gasteiger charge is -2.04. The van der Waals surface area contributed by atoms with Crippen molar-refractivity contribution in [3.8, 4) is 12.1 Å². The SMILES string of the molecule is Cc1cc(C#N)c(Nc2ccccc2[N+](=O)[O-])s1.Cc1cc(C#N)c(Nc2ccccc2[N+](=O)[O-])s1. The number of aryl methyl sites for hydroxylation is 2. The monoisotopic (exact) mass is 518 g/mol. The molecule has 0 saturated heterocycles. The zero-order valence-corrected chi connectivity index (χ0v) is 20.6. The van der Waals surface area contributed by atoms with Crippen LogP contribution in [-0.2, 0) is 0 Å². The van der Waals surface area contributed by atoms with Crippen LogP contribution in [0.1, 0.15) is 20.9 Å². The van der Waals surface area contributed by atoms with E-state index in [0.29, 0.717) is 32.5 Å². The number of anilines is 4. The molecule has 2 aromatic heterocycles. The summed E-state index contributed by atoms with van der Waals surface area (Å²) in [5, 5.41) is 46.8. The fourth-order valence-corrected chi connectivity index (χ4v) is 4.85. The normalized spacial score (nSPS) is 9.78. The number of nitrogens with one attached hydrogen (secondary N) is 2. The fraction of sp³-hybridized carbons (Fsp3) is 0.0833. The van der Waals surface area contributed by atoms with Crippen LogP contribution in [0.2, 0.25) is 0 Å². The second kappa shape index (κ2) is 11.6. The molecule has 0 spiro atoms. The number of thiophene rings is 2. The molecule has 0 amide bonds. The quantitative estimate of drug-likeness (QED) is 0.201. The van der Waals surface area contributed by atoms with Crippen molar-refractivity contribution in [2.24, 2.45) is 0 Å². The van der Waals surface area contributed by atoms with E-state index in [-0.39, 0.29) is 11.4 Å². The van der Waals surface area contributed by atoms with Gasteiger partial charge in [-0.25, -0.2) is 0 Å². The highest BCUT2D eigenvalue weighted by atomic mass is 32.1. The van der Waals surface area contributed by atoms with Gasteiger partial charge in [-0.1, -0.05) is 24.3 Å². The van der Waals surface area contributed by atoms with Gasteiger partial charge in [-0.2, -0.15) is 10.5 Å². The predicted molar refractivity (Wildman–Crippen MR) is 140 cm³/mol. The van der Waals surface area contributed by atoms with Crippen LogP contribution in [0.3, 0.4) is 0 Å². The van der Waals surface area contributed by atoms with Crippen molar-refractivity contribution >= 4 is 55.4 Å². The van der Waals surface area contributed by atoms with E-state index in [1.807, 2.05) is 13.8 Å². The first-order valence-corrected chi connectivity index (χ1v) is 11.9. The second-order valence-electron chi connectivity index (χ2n) is 7.22. The Balaban J connectivity index is 0.000000201. The molecule has 0 aliphatic heterocycles. The van der Waals surface area contributed by atoms with Crippen LogP contribution in [0.5, 0.6) is 0 Å². The van der Waals surface area contributed by atoms with E-state index in [1.54, 1.807) is 48.5 Å². The highest BCUT2D eigenvalue weighted by Crippen LogP contribution is 2.34. The minimum absolute atomic E-state index is 0.00700. The number of nitrogens with zero attached hydrogens (tertiary/aromatic N) is 4.